The topological polar surface area (TPSA) is 83.7 Å². The van der Waals surface area contributed by atoms with Gasteiger partial charge in [0.05, 0.1) is 0 Å². The van der Waals surface area contributed by atoms with Crippen LogP contribution in [0.4, 0.5) is 5.69 Å². The molecule has 0 radical (unpaired) electrons. The van der Waals surface area contributed by atoms with Gasteiger partial charge < -0.3 is 15.5 Å². The number of aryl methyl sites for hydroxylation is 2. The van der Waals surface area contributed by atoms with Gasteiger partial charge in [0.25, 0.3) is 0 Å². The quantitative estimate of drug-likeness (QED) is 0.880. The Morgan fingerprint density at radius 1 is 1.07 bits per heavy atom. The lowest BCUT2D eigenvalue weighted by molar-refractivity contribution is -0.135. The van der Waals surface area contributed by atoms with Crippen molar-refractivity contribution in [2.45, 2.75) is 47.5 Å². The summed E-state index contributed by atoms with van der Waals surface area (Å²) < 4.78 is 0. The number of likely N-dealkylation sites (tertiary alicyclic amines) is 1. The molecule has 2 N–H and O–H groups in total. The molecule has 2 rings (SSSR count). The van der Waals surface area contributed by atoms with Crippen molar-refractivity contribution < 1.29 is 14.4 Å². The summed E-state index contributed by atoms with van der Waals surface area (Å²) in [5.41, 5.74) is 7.60. The van der Waals surface area contributed by atoms with Crippen LogP contribution in [0.3, 0.4) is 0 Å². The summed E-state index contributed by atoms with van der Waals surface area (Å²) in [6.07, 6.45) is 1.16. The summed E-state index contributed by atoms with van der Waals surface area (Å²) >= 11 is 0. The molecule has 1 aliphatic rings. The third kappa shape index (κ3) is 5.31. The summed E-state index contributed by atoms with van der Waals surface area (Å²) in [7, 11) is 0. The van der Waals surface area contributed by atoms with Crippen LogP contribution in [0.2, 0.25) is 0 Å². The third-order valence-corrected chi connectivity index (χ3v) is 4.95. The van der Waals surface area contributed by atoms with E-state index < -0.39 is 5.41 Å². The SMILES string of the molecule is Cc1cc(C)cc(N(CC(=O)N2CCC(C(N)=O)CC2)C(=O)C(C)(C)C)c1. The zero-order valence-corrected chi connectivity index (χ0v) is 17.0. The highest BCUT2D eigenvalue weighted by molar-refractivity contribution is 6.01. The Morgan fingerprint density at radius 2 is 1.59 bits per heavy atom. The van der Waals surface area contributed by atoms with Crippen LogP contribution >= 0.6 is 0 Å². The van der Waals surface area contributed by atoms with Gasteiger partial charge in [-0.1, -0.05) is 26.8 Å². The van der Waals surface area contributed by atoms with Crippen molar-refractivity contribution in [3.63, 3.8) is 0 Å². The maximum atomic E-state index is 13.0. The zero-order valence-electron chi connectivity index (χ0n) is 17.0. The summed E-state index contributed by atoms with van der Waals surface area (Å²) in [6.45, 7) is 10.5. The number of nitrogens with two attached hydrogens (primary N) is 1. The van der Waals surface area contributed by atoms with Crippen molar-refractivity contribution in [1.29, 1.82) is 0 Å². The first-order valence-corrected chi connectivity index (χ1v) is 9.46. The molecule has 1 aromatic carbocycles. The van der Waals surface area contributed by atoms with Crippen LogP contribution < -0.4 is 10.6 Å². The monoisotopic (exact) mass is 373 g/mol. The van der Waals surface area contributed by atoms with Crippen LogP contribution in [0.25, 0.3) is 0 Å². The smallest absolute Gasteiger partial charge is 0.242 e. The number of anilines is 1. The fourth-order valence-electron chi connectivity index (χ4n) is 3.44. The van der Waals surface area contributed by atoms with Crippen molar-refractivity contribution >= 4 is 23.4 Å². The normalized spacial score (nSPS) is 15.5. The molecule has 1 saturated heterocycles. The van der Waals surface area contributed by atoms with Crippen LogP contribution in [0.15, 0.2) is 18.2 Å². The summed E-state index contributed by atoms with van der Waals surface area (Å²) in [4.78, 5) is 40.6. The number of piperidine rings is 1. The number of carbonyl (C=O) groups excluding carboxylic acids is 3. The standard InChI is InChI=1S/C21H31N3O3/c1-14-10-15(2)12-17(11-14)24(20(27)21(3,4)5)13-18(25)23-8-6-16(7-9-23)19(22)26/h10-12,16H,6-9,13H2,1-5H3,(H2,22,26). The minimum atomic E-state index is -0.600. The Balaban J connectivity index is 2.21. The first-order chi connectivity index (χ1) is 12.5. The summed E-state index contributed by atoms with van der Waals surface area (Å²) in [5, 5.41) is 0. The predicted molar refractivity (Wildman–Crippen MR) is 106 cm³/mol. The average molecular weight is 373 g/mol. The molecule has 0 aliphatic carbocycles. The Bertz CT molecular complexity index is 708. The average Bonchev–Trinajstić information content (AvgIpc) is 2.57. The number of carbonyl (C=O) groups is 3. The minimum absolute atomic E-state index is 0.000233. The van der Waals surface area contributed by atoms with E-state index in [0.717, 1.165) is 16.8 Å². The maximum absolute atomic E-state index is 13.0. The third-order valence-electron chi connectivity index (χ3n) is 4.95. The lowest BCUT2D eigenvalue weighted by Crippen LogP contribution is -2.49. The van der Waals surface area contributed by atoms with Gasteiger partial charge in [0, 0.05) is 30.1 Å². The van der Waals surface area contributed by atoms with Gasteiger partial charge in [0.15, 0.2) is 0 Å². The summed E-state index contributed by atoms with van der Waals surface area (Å²) in [6, 6.07) is 5.91. The Kier molecular flexibility index (Phi) is 6.29. The molecule has 3 amide bonds. The van der Waals surface area contributed by atoms with Crippen molar-refractivity contribution in [2.75, 3.05) is 24.5 Å². The van der Waals surface area contributed by atoms with Gasteiger partial charge in [-0.15, -0.1) is 0 Å². The number of amides is 3. The van der Waals surface area contributed by atoms with E-state index in [0.29, 0.717) is 25.9 Å². The second kappa shape index (κ2) is 8.11. The van der Waals surface area contributed by atoms with Crippen LogP contribution in [0.1, 0.15) is 44.7 Å². The molecule has 0 spiro atoms. The van der Waals surface area contributed by atoms with Crippen LogP contribution in [0, 0.1) is 25.2 Å². The van der Waals surface area contributed by atoms with E-state index in [-0.39, 0.29) is 30.2 Å². The van der Waals surface area contributed by atoms with Crippen molar-refractivity contribution in [2.24, 2.45) is 17.1 Å². The molecule has 0 aromatic heterocycles. The fourth-order valence-corrected chi connectivity index (χ4v) is 3.44. The van der Waals surface area contributed by atoms with Gasteiger partial charge in [0.2, 0.25) is 17.7 Å². The number of benzene rings is 1. The molecule has 6 heteroatoms. The molecule has 0 atom stereocenters. The van der Waals surface area contributed by atoms with Crippen molar-refractivity contribution in [3.8, 4) is 0 Å². The van der Waals surface area contributed by atoms with E-state index in [1.165, 1.54) is 0 Å². The highest BCUT2D eigenvalue weighted by atomic mass is 16.2. The second-order valence-corrected chi connectivity index (χ2v) is 8.54. The predicted octanol–water partition coefficient (Wildman–Crippen LogP) is 2.41. The number of primary amides is 1. The first-order valence-electron chi connectivity index (χ1n) is 9.46. The minimum Gasteiger partial charge on any atom is -0.369 e. The van der Waals surface area contributed by atoms with E-state index in [1.54, 1.807) is 9.80 Å². The van der Waals surface area contributed by atoms with E-state index in [9.17, 15) is 14.4 Å². The van der Waals surface area contributed by atoms with E-state index >= 15 is 0 Å². The van der Waals surface area contributed by atoms with E-state index in [4.69, 9.17) is 5.73 Å². The fraction of sp³-hybridized carbons (Fsp3) is 0.571. The first kappa shape index (κ1) is 20.9. The largest absolute Gasteiger partial charge is 0.369 e. The molecule has 1 heterocycles. The molecule has 27 heavy (non-hydrogen) atoms. The molecule has 148 valence electrons. The van der Waals surface area contributed by atoms with Crippen LogP contribution in [0.5, 0.6) is 0 Å². The molecule has 6 nitrogen and oxygen atoms in total. The highest BCUT2D eigenvalue weighted by Gasteiger charge is 2.32. The molecular weight excluding hydrogens is 342 g/mol. The molecule has 0 unspecified atom stereocenters. The molecule has 0 bridgehead atoms. The molecule has 1 aliphatic heterocycles. The number of hydrogen-bond donors (Lipinski definition) is 1. The summed E-state index contributed by atoms with van der Waals surface area (Å²) in [5.74, 6) is -0.662. The van der Waals surface area contributed by atoms with Crippen LogP contribution in [-0.2, 0) is 14.4 Å². The Morgan fingerprint density at radius 3 is 2.04 bits per heavy atom. The molecule has 1 aromatic rings. The Hall–Kier alpha value is -2.37. The lowest BCUT2D eigenvalue weighted by atomic mass is 9.93. The van der Waals surface area contributed by atoms with Gasteiger partial charge >= 0.3 is 0 Å². The van der Waals surface area contributed by atoms with Crippen LogP contribution in [-0.4, -0.2) is 42.3 Å². The van der Waals surface area contributed by atoms with Gasteiger partial charge in [-0.25, -0.2) is 0 Å². The van der Waals surface area contributed by atoms with E-state index in [1.807, 2.05) is 52.8 Å². The number of rotatable bonds is 4. The number of hydrogen-bond acceptors (Lipinski definition) is 3. The molecule has 0 saturated carbocycles. The van der Waals surface area contributed by atoms with Gasteiger partial charge in [-0.2, -0.15) is 0 Å². The van der Waals surface area contributed by atoms with Gasteiger partial charge in [-0.3, -0.25) is 14.4 Å². The molecular formula is C21H31N3O3. The van der Waals surface area contributed by atoms with Crippen molar-refractivity contribution in [3.05, 3.63) is 29.3 Å². The zero-order chi connectivity index (χ0) is 20.4. The number of nitrogens with zero attached hydrogens (tertiary/aromatic N) is 2. The van der Waals surface area contributed by atoms with Gasteiger partial charge in [0.1, 0.15) is 6.54 Å². The maximum Gasteiger partial charge on any atom is 0.242 e. The van der Waals surface area contributed by atoms with E-state index in [2.05, 4.69) is 0 Å². The highest BCUT2D eigenvalue weighted by Crippen LogP contribution is 2.26. The Labute approximate surface area is 161 Å². The van der Waals surface area contributed by atoms with Crippen molar-refractivity contribution in [1.82, 2.24) is 4.90 Å². The van der Waals surface area contributed by atoms with Gasteiger partial charge in [-0.05, 0) is 49.9 Å². The molecule has 1 fully saturated rings. The second-order valence-electron chi connectivity index (χ2n) is 8.54. The lowest BCUT2D eigenvalue weighted by Gasteiger charge is -2.34.